The molecular weight excluding hydrogens is 428 g/mol. The molecule has 4 aliphatic rings. The average molecular weight is 465 g/mol. The lowest BCUT2D eigenvalue weighted by Crippen LogP contribution is -2.55. The highest BCUT2D eigenvalue weighted by Crippen LogP contribution is 2.41. The minimum atomic E-state index is -0.881. The normalized spacial score (nSPS) is 30.6. The molecule has 182 valence electrons. The van der Waals surface area contributed by atoms with E-state index in [9.17, 15) is 14.7 Å². The van der Waals surface area contributed by atoms with Gasteiger partial charge in [0.25, 0.3) is 5.56 Å². The number of rotatable bonds is 4. The molecule has 2 aliphatic carbocycles. The number of carboxylic acid groups (broad SMARTS) is 1. The first kappa shape index (κ1) is 22.1. The number of para-hydroxylation sites is 2. The van der Waals surface area contributed by atoms with E-state index < -0.39 is 12.0 Å². The van der Waals surface area contributed by atoms with Crippen molar-refractivity contribution in [2.75, 3.05) is 24.5 Å². The van der Waals surface area contributed by atoms with Crippen molar-refractivity contribution in [2.45, 2.75) is 82.3 Å². The van der Waals surface area contributed by atoms with Gasteiger partial charge in [0.1, 0.15) is 6.04 Å². The first-order chi connectivity index (χ1) is 16.6. The monoisotopic (exact) mass is 464 g/mol. The SMILES string of the molecule is O=C(O)[C@@H]1CCN1c1nc2ccccc2n(C2CCN([C@@H]3C[C@@H]4CCCC[C@@H](C4)C3)CC2)c1=O. The van der Waals surface area contributed by atoms with Crippen molar-refractivity contribution in [1.82, 2.24) is 14.5 Å². The van der Waals surface area contributed by atoms with E-state index in [0.717, 1.165) is 48.8 Å². The maximum atomic E-state index is 13.7. The summed E-state index contributed by atoms with van der Waals surface area (Å²) in [5.41, 5.74) is 1.50. The summed E-state index contributed by atoms with van der Waals surface area (Å²) < 4.78 is 1.94. The van der Waals surface area contributed by atoms with Crippen LogP contribution in [0.3, 0.4) is 0 Å². The van der Waals surface area contributed by atoms with Gasteiger partial charge in [0.15, 0.2) is 5.82 Å². The standard InChI is InChI=1S/C27H36N4O3/c32-26-25(30-14-11-24(30)27(33)34)28-22-7-3-4-8-23(22)31(26)20-9-12-29(13-10-20)21-16-18-5-1-2-6-19(15-18)17-21/h3-4,7-8,18-21,24H,1-2,5-6,9-17H2,(H,33,34)/t18-,19+,21-,24-/m0/s1. The maximum absolute atomic E-state index is 13.7. The van der Waals surface area contributed by atoms with Gasteiger partial charge in [0, 0.05) is 31.7 Å². The molecule has 2 aliphatic heterocycles. The van der Waals surface area contributed by atoms with Gasteiger partial charge in [0.05, 0.1) is 11.0 Å². The molecule has 2 saturated heterocycles. The summed E-state index contributed by atoms with van der Waals surface area (Å²) in [4.78, 5) is 34.3. The van der Waals surface area contributed by atoms with Crippen LogP contribution in [-0.2, 0) is 4.79 Å². The first-order valence-corrected chi connectivity index (χ1v) is 13.3. The van der Waals surface area contributed by atoms with Gasteiger partial charge < -0.3 is 19.5 Å². The van der Waals surface area contributed by atoms with Crippen molar-refractivity contribution in [3.63, 3.8) is 0 Å². The molecule has 0 spiro atoms. The lowest BCUT2D eigenvalue weighted by atomic mass is 9.77. The van der Waals surface area contributed by atoms with E-state index in [2.05, 4.69) is 9.88 Å². The third-order valence-corrected chi connectivity index (χ3v) is 9.09. The molecule has 2 aromatic rings. The second-order valence-corrected chi connectivity index (χ2v) is 11.1. The van der Waals surface area contributed by atoms with E-state index in [4.69, 9.17) is 0 Å². The highest BCUT2D eigenvalue weighted by atomic mass is 16.4. The summed E-state index contributed by atoms with van der Waals surface area (Å²) in [6, 6.07) is 8.00. The van der Waals surface area contributed by atoms with Crippen LogP contribution in [0.1, 0.15) is 70.3 Å². The van der Waals surface area contributed by atoms with E-state index in [1.807, 2.05) is 28.8 Å². The average Bonchev–Trinajstić information content (AvgIpc) is 2.98. The van der Waals surface area contributed by atoms with Crippen LogP contribution in [0, 0.1) is 11.8 Å². The number of fused-ring (bicyclic) bond motifs is 3. The van der Waals surface area contributed by atoms with Crippen molar-refractivity contribution in [2.24, 2.45) is 11.8 Å². The van der Waals surface area contributed by atoms with E-state index in [1.54, 1.807) is 4.90 Å². The Bertz CT molecular complexity index is 1110. The zero-order chi connectivity index (χ0) is 23.2. The van der Waals surface area contributed by atoms with E-state index >= 15 is 0 Å². The number of aromatic nitrogens is 2. The predicted octanol–water partition coefficient (Wildman–Crippen LogP) is 4.06. The molecule has 6 rings (SSSR count). The molecular formula is C27H36N4O3. The number of anilines is 1. The number of nitrogens with zero attached hydrogens (tertiary/aromatic N) is 4. The number of carbonyl (C=O) groups is 1. The van der Waals surface area contributed by atoms with Crippen LogP contribution in [-0.4, -0.2) is 57.2 Å². The van der Waals surface area contributed by atoms with Gasteiger partial charge in [-0.3, -0.25) is 4.79 Å². The molecule has 1 N–H and O–H groups in total. The number of benzene rings is 1. The summed E-state index contributed by atoms with van der Waals surface area (Å²) in [6.45, 7) is 2.64. The molecule has 7 nitrogen and oxygen atoms in total. The summed E-state index contributed by atoms with van der Waals surface area (Å²) >= 11 is 0. The Morgan fingerprint density at radius 1 is 0.882 bits per heavy atom. The topological polar surface area (TPSA) is 78.7 Å². The van der Waals surface area contributed by atoms with Crippen molar-refractivity contribution in [3.8, 4) is 0 Å². The maximum Gasteiger partial charge on any atom is 0.326 e. The van der Waals surface area contributed by atoms with Crippen LogP contribution in [0.2, 0.25) is 0 Å². The minimum Gasteiger partial charge on any atom is -0.480 e. The van der Waals surface area contributed by atoms with Gasteiger partial charge in [-0.1, -0.05) is 37.8 Å². The largest absolute Gasteiger partial charge is 0.480 e. The second kappa shape index (κ2) is 8.99. The smallest absolute Gasteiger partial charge is 0.326 e. The Labute approximate surface area is 200 Å². The third kappa shape index (κ3) is 3.92. The van der Waals surface area contributed by atoms with Crippen LogP contribution in [0.15, 0.2) is 29.1 Å². The van der Waals surface area contributed by atoms with Crippen LogP contribution < -0.4 is 10.5 Å². The Balaban J connectivity index is 1.25. The fraction of sp³-hybridized carbons (Fsp3) is 0.667. The van der Waals surface area contributed by atoms with E-state index in [0.29, 0.717) is 24.8 Å². The molecule has 2 saturated carbocycles. The van der Waals surface area contributed by atoms with Crippen LogP contribution in [0.4, 0.5) is 5.82 Å². The molecule has 1 aromatic carbocycles. The highest BCUT2D eigenvalue weighted by molar-refractivity contribution is 5.81. The van der Waals surface area contributed by atoms with Crippen molar-refractivity contribution >= 4 is 22.8 Å². The molecule has 0 unspecified atom stereocenters. The summed E-state index contributed by atoms with van der Waals surface area (Å²) in [5, 5.41) is 9.53. The minimum absolute atomic E-state index is 0.130. The van der Waals surface area contributed by atoms with Gasteiger partial charge >= 0.3 is 5.97 Å². The number of hydrogen-bond donors (Lipinski definition) is 1. The van der Waals surface area contributed by atoms with Crippen molar-refractivity contribution in [1.29, 1.82) is 0 Å². The molecule has 0 amide bonds. The van der Waals surface area contributed by atoms with Gasteiger partial charge in [-0.25, -0.2) is 9.78 Å². The van der Waals surface area contributed by atoms with Crippen LogP contribution >= 0.6 is 0 Å². The number of piperidine rings is 1. The number of hydrogen-bond acceptors (Lipinski definition) is 5. The Hall–Kier alpha value is -2.41. The zero-order valence-electron chi connectivity index (χ0n) is 19.9. The third-order valence-electron chi connectivity index (χ3n) is 9.09. The molecule has 4 atom stereocenters. The summed E-state index contributed by atoms with van der Waals surface area (Å²) in [5.74, 6) is 1.25. The molecule has 3 heterocycles. The quantitative estimate of drug-likeness (QED) is 0.735. The van der Waals surface area contributed by atoms with E-state index in [1.165, 1.54) is 44.9 Å². The number of likely N-dealkylation sites (tertiary alicyclic amines) is 1. The summed E-state index contributed by atoms with van der Waals surface area (Å²) in [7, 11) is 0. The molecule has 34 heavy (non-hydrogen) atoms. The van der Waals surface area contributed by atoms with Gasteiger partial charge in [-0.2, -0.15) is 0 Å². The van der Waals surface area contributed by atoms with Crippen LogP contribution in [0.25, 0.3) is 11.0 Å². The Kier molecular flexibility index (Phi) is 5.84. The molecule has 1 aromatic heterocycles. The molecule has 4 fully saturated rings. The fourth-order valence-electron chi connectivity index (χ4n) is 7.26. The van der Waals surface area contributed by atoms with Gasteiger partial charge in [-0.05, 0) is 62.5 Å². The number of carboxylic acids is 1. The summed E-state index contributed by atoms with van der Waals surface area (Å²) in [6.07, 6.45) is 12.3. The Morgan fingerprint density at radius 3 is 2.24 bits per heavy atom. The van der Waals surface area contributed by atoms with Crippen molar-refractivity contribution in [3.05, 3.63) is 34.6 Å². The first-order valence-electron chi connectivity index (χ1n) is 13.3. The van der Waals surface area contributed by atoms with Gasteiger partial charge in [0.2, 0.25) is 0 Å². The highest BCUT2D eigenvalue weighted by Gasteiger charge is 2.39. The van der Waals surface area contributed by atoms with Gasteiger partial charge in [-0.15, -0.1) is 0 Å². The van der Waals surface area contributed by atoms with E-state index in [-0.39, 0.29) is 11.6 Å². The second-order valence-electron chi connectivity index (χ2n) is 11.1. The Morgan fingerprint density at radius 2 is 1.59 bits per heavy atom. The lowest BCUT2D eigenvalue weighted by Gasteiger charge is -2.43. The van der Waals surface area contributed by atoms with Crippen LogP contribution in [0.5, 0.6) is 0 Å². The fourth-order valence-corrected chi connectivity index (χ4v) is 7.26. The number of aliphatic carboxylic acids is 1. The zero-order valence-corrected chi connectivity index (χ0v) is 19.9. The lowest BCUT2D eigenvalue weighted by molar-refractivity contribution is -0.140. The predicted molar refractivity (Wildman–Crippen MR) is 132 cm³/mol. The molecule has 2 bridgehead atoms. The van der Waals surface area contributed by atoms with Crippen molar-refractivity contribution < 1.29 is 9.90 Å². The molecule has 0 radical (unpaired) electrons. The molecule has 7 heteroatoms.